The highest BCUT2D eigenvalue weighted by Crippen LogP contribution is 2.23. The van der Waals surface area contributed by atoms with Crippen LogP contribution in [0.2, 0.25) is 0 Å². The summed E-state index contributed by atoms with van der Waals surface area (Å²) in [6.45, 7) is 5.55. The Hall–Kier alpha value is -3.91. The van der Waals surface area contributed by atoms with E-state index in [1.54, 1.807) is 43.3 Å². The Morgan fingerprint density at radius 1 is 0.697 bits per heavy atom. The fourth-order valence-electron chi connectivity index (χ4n) is 3.32. The molecule has 7 nitrogen and oxygen atoms in total. The number of nitrogens with zero attached hydrogens (tertiary/aromatic N) is 2. The van der Waals surface area contributed by atoms with Crippen molar-refractivity contribution in [3.8, 4) is 0 Å². The molecule has 1 aromatic heterocycles. The molecule has 0 amide bonds. The van der Waals surface area contributed by atoms with Gasteiger partial charge in [0.2, 0.25) is 5.95 Å². The second-order valence-electron chi connectivity index (χ2n) is 7.79. The molecule has 0 saturated carbocycles. The van der Waals surface area contributed by atoms with E-state index in [1.807, 2.05) is 56.3 Å². The quantitative estimate of drug-likeness (QED) is 0.329. The van der Waals surface area contributed by atoms with E-state index < -0.39 is 10.0 Å². The summed E-state index contributed by atoms with van der Waals surface area (Å²) in [6, 6.07) is 24.0. The van der Waals surface area contributed by atoms with Crippen LogP contribution in [0.5, 0.6) is 0 Å². The minimum absolute atomic E-state index is 0.274. The van der Waals surface area contributed by atoms with E-state index in [4.69, 9.17) is 0 Å². The molecule has 0 radical (unpaired) electrons. The lowest BCUT2D eigenvalue weighted by molar-refractivity contribution is 0.600. The van der Waals surface area contributed by atoms with E-state index in [1.165, 1.54) is 0 Å². The van der Waals surface area contributed by atoms with E-state index in [9.17, 15) is 8.42 Å². The number of aromatic nitrogens is 2. The number of nitrogens with one attached hydrogen (secondary N) is 3. The third-order valence-electron chi connectivity index (χ3n) is 4.93. The summed E-state index contributed by atoms with van der Waals surface area (Å²) in [7, 11) is -3.68. The summed E-state index contributed by atoms with van der Waals surface area (Å²) in [5, 5.41) is 6.43. The lowest BCUT2D eigenvalue weighted by Gasteiger charge is -2.12. The van der Waals surface area contributed by atoms with Crippen molar-refractivity contribution in [3.05, 3.63) is 95.7 Å². The molecule has 33 heavy (non-hydrogen) atoms. The smallest absolute Gasteiger partial charge is 0.262 e. The van der Waals surface area contributed by atoms with Crippen LogP contribution in [0.3, 0.4) is 0 Å². The first-order valence-corrected chi connectivity index (χ1v) is 11.9. The Morgan fingerprint density at radius 3 is 2.09 bits per heavy atom. The molecule has 4 rings (SSSR count). The van der Waals surface area contributed by atoms with E-state index >= 15 is 0 Å². The monoisotopic (exact) mass is 459 g/mol. The molecule has 0 saturated heterocycles. The van der Waals surface area contributed by atoms with Gasteiger partial charge in [-0.25, -0.2) is 13.4 Å². The van der Waals surface area contributed by atoms with Crippen molar-refractivity contribution in [2.45, 2.75) is 25.7 Å². The summed E-state index contributed by atoms with van der Waals surface area (Å²) < 4.78 is 28.3. The van der Waals surface area contributed by atoms with Gasteiger partial charge in [-0.2, -0.15) is 4.98 Å². The van der Waals surface area contributed by atoms with Gasteiger partial charge >= 0.3 is 0 Å². The molecule has 0 fully saturated rings. The summed E-state index contributed by atoms with van der Waals surface area (Å²) >= 11 is 0. The standard InChI is InChI=1S/C25H25N5O2S/c1-17-9-10-18(2)23(15-17)33(31,32)30-22-13-11-21(12-14-22)28-25-26-19(3)16-24(29-25)27-20-7-5-4-6-8-20/h4-16,30H,1-3H3,(H2,26,27,28,29). The molecule has 168 valence electrons. The first kappa shape index (κ1) is 22.3. The molecular weight excluding hydrogens is 434 g/mol. The largest absolute Gasteiger partial charge is 0.340 e. The molecular formula is C25H25N5O2S. The zero-order valence-electron chi connectivity index (χ0n) is 18.6. The van der Waals surface area contributed by atoms with Crippen LogP contribution in [-0.2, 0) is 10.0 Å². The normalized spacial score (nSPS) is 11.1. The minimum atomic E-state index is -3.68. The Morgan fingerprint density at radius 2 is 1.36 bits per heavy atom. The topological polar surface area (TPSA) is 96.0 Å². The van der Waals surface area contributed by atoms with Crippen molar-refractivity contribution >= 4 is 38.9 Å². The second-order valence-corrected chi connectivity index (χ2v) is 9.44. The maximum absolute atomic E-state index is 12.8. The van der Waals surface area contributed by atoms with Crippen molar-refractivity contribution in [3.63, 3.8) is 0 Å². The molecule has 3 aromatic carbocycles. The molecule has 0 aliphatic rings. The van der Waals surface area contributed by atoms with Crippen LogP contribution in [0.1, 0.15) is 16.8 Å². The van der Waals surface area contributed by atoms with Gasteiger partial charge in [0.25, 0.3) is 10.0 Å². The number of para-hydroxylation sites is 1. The third kappa shape index (κ3) is 5.67. The van der Waals surface area contributed by atoms with Gasteiger partial charge in [0, 0.05) is 28.8 Å². The van der Waals surface area contributed by atoms with Crippen molar-refractivity contribution in [1.82, 2.24) is 9.97 Å². The van der Waals surface area contributed by atoms with Gasteiger partial charge in [0.05, 0.1) is 4.90 Å². The molecule has 0 spiro atoms. The SMILES string of the molecule is Cc1ccc(C)c(S(=O)(=O)Nc2ccc(Nc3nc(C)cc(Nc4ccccc4)n3)cc2)c1. The number of aryl methyl sites for hydroxylation is 3. The zero-order valence-corrected chi connectivity index (χ0v) is 19.4. The molecule has 1 heterocycles. The zero-order chi connectivity index (χ0) is 23.4. The molecule has 0 aliphatic carbocycles. The van der Waals surface area contributed by atoms with Crippen molar-refractivity contribution in [2.24, 2.45) is 0 Å². The molecule has 4 aromatic rings. The molecule has 0 atom stereocenters. The third-order valence-corrected chi connectivity index (χ3v) is 6.45. The summed E-state index contributed by atoms with van der Waals surface area (Å²) in [5.41, 5.74) is 4.53. The maximum Gasteiger partial charge on any atom is 0.262 e. The van der Waals surface area contributed by atoms with Gasteiger partial charge < -0.3 is 10.6 Å². The van der Waals surface area contributed by atoms with Gasteiger partial charge in [0.1, 0.15) is 5.82 Å². The number of rotatable bonds is 7. The van der Waals surface area contributed by atoms with Crippen molar-refractivity contribution in [1.29, 1.82) is 0 Å². The first-order chi connectivity index (χ1) is 15.8. The molecule has 0 aliphatic heterocycles. The second kappa shape index (κ2) is 9.30. The molecule has 3 N–H and O–H groups in total. The van der Waals surface area contributed by atoms with Crippen molar-refractivity contribution < 1.29 is 8.42 Å². The van der Waals surface area contributed by atoms with Crippen molar-refractivity contribution in [2.75, 3.05) is 15.4 Å². The lowest BCUT2D eigenvalue weighted by atomic mass is 10.2. The summed E-state index contributed by atoms with van der Waals surface area (Å²) in [5.74, 6) is 1.12. The number of sulfonamides is 1. The Bertz CT molecular complexity index is 1370. The average molecular weight is 460 g/mol. The fourth-order valence-corrected chi connectivity index (χ4v) is 4.70. The van der Waals surface area contributed by atoms with Gasteiger partial charge in [-0.3, -0.25) is 4.72 Å². The fraction of sp³-hybridized carbons (Fsp3) is 0.120. The van der Waals surface area contributed by atoms with Gasteiger partial charge in [-0.1, -0.05) is 30.3 Å². The maximum atomic E-state index is 12.8. The highest BCUT2D eigenvalue weighted by molar-refractivity contribution is 7.92. The average Bonchev–Trinajstić information content (AvgIpc) is 2.77. The van der Waals surface area contributed by atoms with Gasteiger partial charge in [-0.05, 0) is 74.4 Å². The molecule has 0 unspecified atom stereocenters. The summed E-state index contributed by atoms with van der Waals surface area (Å²) in [6.07, 6.45) is 0. The number of benzene rings is 3. The highest BCUT2D eigenvalue weighted by atomic mass is 32.2. The van der Waals surface area contributed by atoms with Crippen LogP contribution in [0.25, 0.3) is 0 Å². The minimum Gasteiger partial charge on any atom is -0.340 e. The van der Waals surface area contributed by atoms with Crippen LogP contribution in [-0.4, -0.2) is 18.4 Å². The van der Waals surface area contributed by atoms with E-state index in [0.717, 1.165) is 22.6 Å². The Kier molecular flexibility index (Phi) is 6.28. The number of anilines is 5. The highest BCUT2D eigenvalue weighted by Gasteiger charge is 2.17. The van der Waals surface area contributed by atoms with E-state index in [-0.39, 0.29) is 4.90 Å². The van der Waals surface area contributed by atoms with Crippen LogP contribution >= 0.6 is 0 Å². The lowest BCUT2D eigenvalue weighted by Crippen LogP contribution is -2.14. The number of hydrogen-bond donors (Lipinski definition) is 3. The first-order valence-electron chi connectivity index (χ1n) is 10.4. The molecule has 0 bridgehead atoms. The predicted molar refractivity (Wildman–Crippen MR) is 133 cm³/mol. The van der Waals surface area contributed by atoms with E-state index in [0.29, 0.717) is 23.0 Å². The van der Waals surface area contributed by atoms with Crippen LogP contribution in [0, 0.1) is 20.8 Å². The van der Waals surface area contributed by atoms with Crippen LogP contribution < -0.4 is 15.4 Å². The summed E-state index contributed by atoms with van der Waals surface area (Å²) in [4.78, 5) is 9.23. The predicted octanol–water partition coefficient (Wildman–Crippen LogP) is 5.69. The van der Waals surface area contributed by atoms with Crippen LogP contribution in [0.15, 0.2) is 83.8 Å². The Labute approximate surface area is 194 Å². The number of hydrogen-bond acceptors (Lipinski definition) is 6. The Balaban J connectivity index is 1.48. The van der Waals surface area contributed by atoms with Gasteiger partial charge in [0.15, 0.2) is 0 Å². The van der Waals surface area contributed by atoms with Crippen LogP contribution in [0.4, 0.5) is 28.8 Å². The van der Waals surface area contributed by atoms with E-state index in [2.05, 4.69) is 25.3 Å². The molecule has 8 heteroatoms. The van der Waals surface area contributed by atoms with Gasteiger partial charge in [-0.15, -0.1) is 0 Å².